The lowest BCUT2D eigenvalue weighted by molar-refractivity contribution is 0.589. The van der Waals surface area contributed by atoms with Crippen molar-refractivity contribution in [2.75, 3.05) is 0 Å². The largest absolute Gasteiger partial charge is 0.268 e. The zero-order valence-corrected chi connectivity index (χ0v) is 12.0. The van der Waals surface area contributed by atoms with Crippen LogP contribution in [0.4, 0.5) is 0 Å². The highest BCUT2D eigenvalue weighted by Gasteiger charge is 2.19. The molecule has 1 aromatic carbocycles. The van der Waals surface area contributed by atoms with Gasteiger partial charge in [0.05, 0.1) is 22.2 Å². The molecule has 0 aliphatic rings. The fourth-order valence-electron chi connectivity index (χ4n) is 2.16. The van der Waals surface area contributed by atoms with Gasteiger partial charge in [0.2, 0.25) is 0 Å². The van der Waals surface area contributed by atoms with Gasteiger partial charge in [0.15, 0.2) is 0 Å². The predicted octanol–water partition coefficient (Wildman–Crippen LogP) is 2.45. The van der Waals surface area contributed by atoms with Crippen molar-refractivity contribution in [1.82, 2.24) is 8.96 Å². The number of hydrogen-bond acceptors (Lipinski definition) is 4. The number of hydrogen-bond donors (Lipinski definition) is 0. The average molecular weight is 297 g/mol. The molecule has 3 rings (SSSR count). The second-order valence-corrected chi connectivity index (χ2v) is 6.48. The molecule has 0 aliphatic heterocycles. The molecule has 0 amide bonds. The summed E-state index contributed by atoms with van der Waals surface area (Å²) in [4.78, 5) is 4.13. The third-order valence-corrected chi connectivity index (χ3v) is 4.98. The fraction of sp³-hybridized carbons (Fsp3) is 0.0667. The summed E-state index contributed by atoms with van der Waals surface area (Å²) in [5.74, 6) is 0. The first kappa shape index (κ1) is 13.3. The van der Waals surface area contributed by atoms with Gasteiger partial charge in [0, 0.05) is 17.8 Å². The average Bonchev–Trinajstić information content (AvgIpc) is 2.92. The molecule has 21 heavy (non-hydrogen) atoms. The summed E-state index contributed by atoms with van der Waals surface area (Å²) in [6.45, 7) is 1.89. The van der Waals surface area contributed by atoms with Gasteiger partial charge in [0.25, 0.3) is 10.0 Å². The number of fused-ring (bicyclic) bond motifs is 1. The van der Waals surface area contributed by atoms with Crippen LogP contribution in [0.1, 0.15) is 11.1 Å². The molecule has 0 N–H and O–H groups in total. The van der Waals surface area contributed by atoms with Crippen LogP contribution < -0.4 is 0 Å². The fourth-order valence-corrected chi connectivity index (χ4v) is 3.49. The number of pyridine rings is 1. The van der Waals surface area contributed by atoms with Gasteiger partial charge in [-0.3, -0.25) is 4.98 Å². The van der Waals surface area contributed by atoms with Crippen LogP contribution in [0, 0.1) is 18.3 Å². The lowest BCUT2D eigenvalue weighted by Crippen LogP contribution is -2.11. The molecular formula is C15H11N3O2S. The van der Waals surface area contributed by atoms with E-state index in [1.54, 1.807) is 30.3 Å². The van der Waals surface area contributed by atoms with Gasteiger partial charge in [-0.2, -0.15) is 5.26 Å². The molecule has 0 radical (unpaired) electrons. The van der Waals surface area contributed by atoms with E-state index >= 15 is 0 Å². The Hall–Kier alpha value is -2.65. The Bertz CT molecular complexity index is 964. The molecule has 2 aromatic heterocycles. The molecule has 104 valence electrons. The standard InChI is InChI=1S/C15H11N3O2S/c1-11-2-4-13(5-3-11)21(19,20)18-7-6-14-12(8-16)9-17-10-15(14)18/h2-7,9-10H,1H3. The minimum atomic E-state index is -3.70. The zero-order valence-electron chi connectivity index (χ0n) is 11.2. The molecule has 0 atom stereocenters. The Kier molecular flexibility index (Phi) is 3.00. The van der Waals surface area contributed by atoms with Gasteiger partial charge in [-0.1, -0.05) is 17.7 Å². The SMILES string of the molecule is Cc1ccc(S(=O)(=O)n2ccc3c(C#N)cncc32)cc1. The maximum absolute atomic E-state index is 12.7. The van der Waals surface area contributed by atoms with E-state index in [-0.39, 0.29) is 4.90 Å². The summed E-state index contributed by atoms with van der Waals surface area (Å²) in [7, 11) is -3.70. The topological polar surface area (TPSA) is 75.8 Å². The monoisotopic (exact) mass is 297 g/mol. The molecule has 5 nitrogen and oxygen atoms in total. The van der Waals surface area contributed by atoms with E-state index in [1.807, 2.05) is 13.0 Å². The second kappa shape index (κ2) is 4.72. The molecule has 6 heteroatoms. The Balaban J connectivity index is 2.25. The molecule has 3 aromatic rings. The Morgan fingerprint density at radius 3 is 2.52 bits per heavy atom. The number of aryl methyl sites for hydroxylation is 1. The van der Waals surface area contributed by atoms with Crippen LogP contribution in [0.5, 0.6) is 0 Å². The van der Waals surface area contributed by atoms with Crippen LogP contribution in [-0.2, 0) is 10.0 Å². The first-order valence-corrected chi connectivity index (χ1v) is 7.65. The molecule has 0 fully saturated rings. The highest BCUT2D eigenvalue weighted by molar-refractivity contribution is 7.90. The molecule has 0 aliphatic carbocycles. The quantitative estimate of drug-likeness (QED) is 0.728. The number of aromatic nitrogens is 2. The summed E-state index contributed by atoms with van der Waals surface area (Å²) in [6, 6.07) is 10.3. The molecule has 0 unspecified atom stereocenters. The first-order valence-electron chi connectivity index (χ1n) is 6.21. The van der Waals surface area contributed by atoms with Crippen molar-refractivity contribution in [1.29, 1.82) is 5.26 Å². The van der Waals surface area contributed by atoms with E-state index in [0.29, 0.717) is 16.5 Å². The second-order valence-electron chi connectivity index (χ2n) is 4.66. The number of benzene rings is 1. The van der Waals surface area contributed by atoms with Crippen LogP contribution in [0.15, 0.2) is 53.8 Å². The lowest BCUT2D eigenvalue weighted by atomic mass is 10.2. The summed E-state index contributed by atoms with van der Waals surface area (Å²) < 4.78 is 26.5. The van der Waals surface area contributed by atoms with E-state index < -0.39 is 10.0 Å². The zero-order chi connectivity index (χ0) is 15.0. The van der Waals surface area contributed by atoms with Crippen LogP contribution in [0.3, 0.4) is 0 Å². The molecular weight excluding hydrogens is 286 g/mol. The number of nitrogens with zero attached hydrogens (tertiary/aromatic N) is 3. The molecule has 0 spiro atoms. The Morgan fingerprint density at radius 1 is 1.14 bits per heavy atom. The molecule has 0 bridgehead atoms. The summed E-state index contributed by atoms with van der Waals surface area (Å²) in [5, 5.41) is 9.62. The van der Waals surface area contributed by atoms with E-state index in [9.17, 15) is 8.42 Å². The van der Waals surface area contributed by atoms with E-state index in [2.05, 4.69) is 4.98 Å². The summed E-state index contributed by atoms with van der Waals surface area (Å²) in [6.07, 6.45) is 4.31. The van der Waals surface area contributed by atoms with Crippen molar-refractivity contribution in [3.8, 4) is 6.07 Å². The number of rotatable bonds is 2. The molecule has 0 saturated carbocycles. The normalized spacial score (nSPS) is 11.4. The summed E-state index contributed by atoms with van der Waals surface area (Å²) >= 11 is 0. The molecule has 2 heterocycles. The minimum absolute atomic E-state index is 0.202. The Morgan fingerprint density at radius 2 is 1.86 bits per heavy atom. The first-order chi connectivity index (χ1) is 10.0. The third kappa shape index (κ3) is 2.08. The van der Waals surface area contributed by atoms with Crippen LogP contribution in [0.25, 0.3) is 10.9 Å². The van der Waals surface area contributed by atoms with Gasteiger partial charge in [-0.05, 0) is 25.1 Å². The highest BCUT2D eigenvalue weighted by atomic mass is 32.2. The maximum atomic E-state index is 12.7. The highest BCUT2D eigenvalue weighted by Crippen LogP contribution is 2.23. The van der Waals surface area contributed by atoms with Gasteiger partial charge >= 0.3 is 0 Å². The lowest BCUT2D eigenvalue weighted by Gasteiger charge is -2.07. The van der Waals surface area contributed by atoms with E-state index in [0.717, 1.165) is 9.54 Å². The van der Waals surface area contributed by atoms with Gasteiger partial charge in [-0.25, -0.2) is 12.4 Å². The Labute approximate surface area is 122 Å². The van der Waals surface area contributed by atoms with Gasteiger partial charge < -0.3 is 0 Å². The summed E-state index contributed by atoms with van der Waals surface area (Å²) in [5.41, 5.74) is 1.74. The van der Waals surface area contributed by atoms with Crippen molar-refractivity contribution < 1.29 is 8.42 Å². The maximum Gasteiger partial charge on any atom is 0.268 e. The van der Waals surface area contributed by atoms with Gasteiger partial charge in [0.1, 0.15) is 6.07 Å². The van der Waals surface area contributed by atoms with Crippen LogP contribution in [-0.4, -0.2) is 17.4 Å². The van der Waals surface area contributed by atoms with E-state index in [1.165, 1.54) is 18.6 Å². The van der Waals surface area contributed by atoms with E-state index in [4.69, 9.17) is 5.26 Å². The van der Waals surface area contributed by atoms with Crippen molar-refractivity contribution in [2.45, 2.75) is 11.8 Å². The van der Waals surface area contributed by atoms with Crippen LogP contribution >= 0.6 is 0 Å². The predicted molar refractivity (Wildman–Crippen MR) is 78.2 cm³/mol. The van der Waals surface area contributed by atoms with Crippen molar-refractivity contribution in [3.05, 3.63) is 60.0 Å². The third-order valence-electron chi connectivity index (χ3n) is 3.28. The van der Waals surface area contributed by atoms with Gasteiger partial charge in [-0.15, -0.1) is 0 Å². The smallest absolute Gasteiger partial charge is 0.261 e. The van der Waals surface area contributed by atoms with Crippen molar-refractivity contribution in [3.63, 3.8) is 0 Å². The molecule has 0 saturated heterocycles. The van der Waals surface area contributed by atoms with Crippen molar-refractivity contribution in [2.24, 2.45) is 0 Å². The minimum Gasteiger partial charge on any atom is -0.261 e. The van der Waals surface area contributed by atoms with Crippen LogP contribution in [0.2, 0.25) is 0 Å². The number of nitriles is 1. The van der Waals surface area contributed by atoms with Crippen molar-refractivity contribution >= 4 is 20.9 Å².